The van der Waals surface area contributed by atoms with Gasteiger partial charge in [0.15, 0.2) is 0 Å². The summed E-state index contributed by atoms with van der Waals surface area (Å²) in [5, 5.41) is 5.69. The molecule has 0 radical (unpaired) electrons. The van der Waals surface area contributed by atoms with Crippen LogP contribution in [-0.4, -0.2) is 46.9 Å². The van der Waals surface area contributed by atoms with Crippen molar-refractivity contribution in [3.8, 4) is 0 Å². The highest BCUT2D eigenvalue weighted by molar-refractivity contribution is 6.10. The maximum Gasteiger partial charge on any atom is 0.325 e. The van der Waals surface area contributed by atoms with Crippen LogP contribution in [0.1, 0.15) is 45.4 Å². The van der Waals surface area contributed by atoms with E-state index in [0.717, 1.165) is 30.6 Å². The van der Waals surface area contributed by atoms with E-state index in [1.54, 1.807) is 6.92 Å². The molecule has 1 heterocycles. The second kappa shape index (κ2) is 6.65. The van der Waals surface area contributed by atoms with E-state index in [-0.39, 0.29) is 30.3 Å². The number of hydrogen-bond acceptors (Lipinski definition) is 4. The third-order valence-electron chi connectivity index (χ3n) is 5.19. The van der Waals surface area contributed by atoms with E-state index in [1.807, 2.05) is 0 Å². The second-order valence-corrected chi connectivity index (χ2v) is 6.76. The van der Waals surface area contributed by atoms with Crippen LogP contribution in [0.25, 0.3) is 0 Å². The van der Waals surface area contributed by atoms with Crippen LogP contribution >= 0.6 is 12.4 Å². The van der Waals surface area contributed by atoms with Gasteiger partial charge in [0, 0.05) is 12.6 Å². The molecule has 0 bridgehead atoms. The first-order chi connectivity index (χ1) is 10.5. The monoisotopic (exact) mass is 344 g/mol. The number of carbonyl (C=O) groups excluding carboxylic acids is 3. The van der Waals surface area contributed by atoms with E-state index >= 15 is 0 Å². The zero-order valence-corrected chi connectivity index (χ0v) is 14.2. The molecule has 3 fully saturated rings. The highest BCUT2D eigenvalue weighted by Crippen LogP contribution is 2.36. The van der Waals surface area contributed by atoms with Gasteiger partial charge in [0.25, 0.3) is 5.91 Å². The summed E-state index contributed by atoms with van der Waals surface area (Å²) in [4.78, 5) is 38.3. The Kier molecular flexibility index (Phi) is 5.20. The van der Waals surface area contributed by atoms with E-state index in [9.17, 15) is 14.4 Å². The van der Waals surface area contributed by atoms with Crippen molar-refractivity contribution in [1.82, 2.24) is 15.5 Å². The summed E-state index contributed by atoms with van der Waals surface area (Å²) in [5.74, 6) is -0.125. The quantitative estimate of drug-likeness (QED) is 0.632. The van der Waals surface area contributed by atoms with Crippen molar-refractivity contribution in [1.29, 1.82) is 0 Å². The molecule has 0 aromatic carbocycles. The van der Waals surface area contributed by atoms with Crippen LogP contribution in [0, 0.1) is 5.92 Å². The van der Waals surface area contributed by atoms with Crippen LogP contribution in [0.2, 0.25) is 0 Å². The fraction of sp³-hybridized carbons (Fsp3) is 0.800. The van der Waals surface area contributed by atoms with Crippen LogP contribution in [0.3, 0.4) is 0 Å². The fourth-order valence-corrected chi connectivity index (χ4v) is 3.60. The molecular weight excluding hydrogens is 320 g/mol. The van der Waals surface area contributed by atoms with Gasteiger partial charge in [-0.3, -0.25) is 9.59 Å². The van der Waals surface area contributed by atoms with Crippen LogP contribution < -0.4 is 16.4 Å². The Bertz CT molecular complexity index is 503. The number of halogens is 1. The number of rotatable bonds is 5. The highest BCUT2D eigenvalue weighted by atomic mass is 35.5. The minimum Gasteiger partial charge on any atom is -0.350 e. The molecule has 3 rings (SSSR count). The molecule has 2 aliphatic carbocycles. The molecule has 1 saturated heterocycles. The van der Waals surface area contributed by atoms with Crippen molar-refractivity contribution >= 4 is 30.3 Å². The Balaban J connectivity index is 0.00000192. The van der Waals surface area contributed by atoms with Gasteiger partial charge in [-0.15, -0.1) is 12.4 Å². The van der Waals surface area contributed by atoms with Crippen molar-refractivity contribution < 1.29 is 14.4 Å². The predicted molar refractivity (Wildman–Crippen MR) is 87.0 cm³/mol. The van der Waals surface area contributed by atoms with Gasteiger partial charge in [0.1, 0.15) is 11.6 Å². The molecule has 0 aromatic heterocycles. The lowest BCUT2D eigenvalue weighted by atomic mass is 9.97. The molecule has 130 valence electrons. The summed E-state index contributed by atoms with van der Waals surface area (Å²) in [7, 11) is 0. The third-order valence-corrected chi connectivity index (χ3v) is 5.19. The standard InChI is InChI=1S/C15H24N4O3.ClH/c1-9(12(20)17-11(8-16)10-4-5-10)19-13(21)15(18-14(19)22)6-2-3-7-15;/h9-11H,2-8,16H2,1H3,(H,17,20)(H,18,22);1H. The minimum absolute atomic E-state index is 0. The zero-order valence-electron chi connectivity index (χ0n) is 13.3. The molecular formula is C15H25ClN4O3. The Morgan fingerprint density at radius 1 is 1.39 bits per heavy atom. The van der Waals surface area contributed by atoms with E-state index in [1.165, 1.54) is 0 Å². The molecule has 2 unspecified atom stereocenters. The summed E-state index contributed by atoms with van der Waals surface area (Å²) < 4.78 is 0. The maximum absolute atomic E-state index is 12.6. The molecule has 0 aromatic rings. The first-order valence-corrected chi connectivity index (χ1v) is 8.15. The van der Waals surface area contributed by atoms with Gasteiger partial charge in [0.2, 0.25) is 5.91 Å². The number of imide groups is 1. The van der Waals surface area contributed by atoms with Gasteiger partial charge in [-0.25, -0.2) is 9.69 Å². The highest BCUT2D eigenvalue weighted by Gasteiger charge is 2.54. The smallest absolute Gasteiger partial charge is 0.325 e. The SMILES string of the molecule is CC(C(=O)NC(CN)C1CC1)N1C(=O)NC2(CCCC2)C1=O.Cl. The Morgan fingerprint density at radius 2 is 2.00 bits per heavy atom. The number of nitrogens with two attached hydrogens (primary N) is 1. The van der Waals surface area contributed by atoms with E-state index in [4.69, 9.17) is 5.73 Å². The molecule has 3 aliphatic rings. The molecule has 7 nitrogen and oxygen atoms in total. The molecule has 8 heteroatoms. The van der Waals surface area contributed by atoms with Gasteiger partial charge >= 0.3 is 6.03 Å². The normalized spacial score (nSPS) is 25.0. The summed E-state index contributed by atoms with van der Waals surface area (Å²) in [6, 6.07) is -1.32. The fourth-order valence-electron chi connectivity index (χ4n) is 3.60. The van der Waals surface area contributed by atoms with Crippen molar-refractivity contribution in [2.24, 2.45) is 11.7 Å². The number of nitrogens with one attached hydrogen (secondary N) is 2. The summed E-state index contributed by atoms with van der Waals surface area (Å²) in [5.41, 5.74) is 4.92. The second-order valence-electron chi connectivity index (χ2n) is 6.76. The number of nitrogens with zero attached hydrogens (tertiary/aromatic N) is 1. The molecule has 2 saturated carbocycles. The van der Waals surface area contributed by atoms with Gasteiger partial charge in [-0.2, -0.15) is 0 Å². The molecule has 2 atom stereocenters. The van der Waals surface area contributed by atoms with Crippen LogP contribution in [0.4, 0.5) is 4.79 Å². The average molecular weight is 345 g/mol. The van der Waals surface area contributed by atoms with Crippen molar-refractivity contribution in [2.75, 3.05) is 6.54 Å². The number of hydrogen-bond donors (Lipinski definition) is 3. The van der Waals surface area contributed by atoms with Gasteiger partial charge in [-0.05, 0) is 38.5 Å². The van der Waals surface area contributed by atoms with E-state index in [2.05, 4.69) is 10.6 Å². The molecule has 4 amide bonds. The van der Waals surface area contributed by atoms with Crippen molar-refractivity contribution in [3.63, 3.8) is 0 Å². The summed E-state index contributed by atoms with van der Waals surface area (Å²) in [6.45, 7) is 1.98. The molecule has 1 aliphatic heterocycles. The Morgan fingerprint density at radius 3 is 2.52 bits per heavy atom. The van der Waals surface area contributed by atoms with Crippen LogP contribution in [-0.2, 0) is 9.59 Å². The topological polar surface area (TPSA) is 105 Å². The summed E-state index contributed by atoms with van der Waals surface area (Å²) >= 11 is 0. The average Bonchev–Trinajstić information content (AvgIpc) is 3.18. The molecule has 23 heavy (non-hydrogen) atoms. The molecule has 4 N–H and O–H groups in total. The maximum atomic E-state index is 12.6. The Labute approximate surface area is 142 Å². The summed E-state index contributed by atoms with van der Waals surface area (Å²) in [6.07, 6.45) is 5.33. The lowest BCUT2D eigenvalue weighted by Crippen LogP contribution is -2.53. The van der Waals surface area contributed by atoms with Crippen LogP contribution in [0.15, 0.2) is 0 Å². The van der Waals surface area contributed by atoms with E-state index < -0.39 is 17.6 Å². The van der Waals surface area contributed by atoms with Gasteiger partial charge in [-0.1, -0.05) is 12.8 Å². The first kappa shape index (κ1) is 18.0. The minimum atomic E-state index is -0.805. The van der Waals surface area contributed by atoms with E-state index in [0.29, 0.717) is 25.3 Å². The lowest BCUT2D eigenvalue weighted by Gasteiger charge is -2.25. The number of amides is 4. The predicted octanol–water partition coefficient (Wildman–Crippen LogP) is 0.515. The van der Waals surface area contributed by atoms with Crippen molar-refractivity contribution in [3.05, 3.63) is 0 Å². The molecule has 1 spiro atoms. The number of urea groups is 1. The van der Waals surface area contributed by atoms with Gasteiger partial charge in [0.05, 0.1) is 0 Å². The van der Waals surface area contributed by atoms with Crippen LogP contribution in [0.5, 0.6) is 0 Å². The van der Waals surface area contributed by atoms with Gasteiger partial charge < -0.3 is 16.4 Å². The van der Waals surface area contributed by atoms with Crippen molar-refractivity contribution in [2.45, 2.75) is 63.1 Å². The lowest BCUT2D eigenvalue weighted by molar-refractivity contribution is -0.138. The number of carbonyl (C=O) groups is 3. The zero-order chi connectivity index (χ0) is 15.9. The first-order valence-electron chi connectivity index (χ1n) is 8.15. The Hall–Kier alpha value is -1.34. The largest absolute Gasteiger partial charge is 0.350 e. The third kappa shape index (κ3) is 3.17.